The Morgan fingerprint density at radius 3 is 2.30 bits per heavy atom. The number of piperazine rings is 1. The SMILES string of the molecule is O=C(CN1CCN(S(=O)(=O)c2ccccc2F)CC1)Nc1ccc(Cl)cc1. The van der Waals surface area contributed by atoms with Crippen molar-refractivity contribution in [2.75, 3.05) is 38.0 Å². The Bertz CT molecular complexity index is 914. The first-order valence-corrected chi connectivity index (χ1v) is 10.2. The van der Waals surface area contributed by atoms with Gasteiger partial charge in [-0.05, 0) is 36.4 Å². The molecule has 9 heteroatoms. The number of halogens is 2. The van der Waals surface area contributed by atoms with Crippen LogP contribution in [-0.4, -0.2) is 56.3 Å². The normalized spacial score (nSPS) is 16.2. The van der Waals surface area contributed by atoms with Gasteiger partial charge in [0, 0.05) is 36.9 Å². The first-order chi connectivity index (χ1) is 12.9. The summed E-state index contributed by atoms with van der Waals surface area (Å²) in [5.41, 5.74) is 0.644. The number of amides is 1. The maximum Gasteiger partial charge on any atom is 0.246 e. The van der Waals surface area contributed by atoms with Crippen LogP contribution in [0.1, 0.15) is 0 Å². The van der Waals surface area contributed by atoms with Gasteiger partial charge in [-0.3, -0.25) is 9.69 Å². The Balaban J connectivity index is 1.55. The van der Waals surface area contributed by atoms with Crippen LogP contribution in [0.4, 0.5) is 10.1 Å². The van der Waals surface area contributed by atoms with Gasteiger partial charge < -0.3 is 5.32 Å². The largest absolute Gasteiger partial charge is 0.325 e. The van der Waals surface area contributed by atoms with Gasteiger partial charge >= 0.3 is 0 Å². The highest BCUT2D eigenvalue weighted by molar-refractivity contribution is 7.89. The molecule has 27 heavy (non-hydrogen) atoms. The highest BCUT2D eigenvalue weighted by atomic mass is 35.5. The standard InChI is InChI=1S/C18H19ClFN3O3S/c19-14-5-7-15(8-6-14)21-18(24)13-22-9-11-23(12-10-22)27(25,26)17-4-2-1-3-16(17)20/h1-8H,9-13H2,(H,21,24). The summed E-state index contributed by atoms with van der Waals surface area (Å²) < 4.78 is 40.3. The molecular weight excluding hydrogens is 393 g/mol. The van der Waals surface area contributed by atoms with Crippen LogP contribution < -0.4 is 5.32 Å². The van der Waals surface area contributed by atoms with Gasteiger partial charge in [0.1, 0.15) is 10.7 Å². The van der Waals surface area contributed by atoms with E-state index in [1.54, 1.807) is 24.3 Å². The lowest BCUT2D eigenvalue weighted by Crippen LogP contribution is -2.50. The smallest absolute Gasteiger partial charge is 0.246 e. The van der Waals surface area contributed by atoms with Crippen LogP contribution in [-0.2, 0) is 14.8 Å². The number of hydrogen-bond acceptors (Lipinski definition) is 4. The predicted octanol–water partition coefficient (Wildman–Crippen LogP) is 2.42. The second kappa shape index (κ2) is 8.35. The third-order valence-corrected chi connectivity index (χ3v) is 6.46. The fourth-order valence-electron chi connectivity index (χ4n) is 2.86. The molecule has 1 amide bonds. The molecule has 2 aromatic carbocycles. The van der Waals surface area contributed by atoms with Crippen LogP contribution in [0.25, 0.3) is 0 Å². The van der Waals surface area contributed by atoms with Crippen LogP contribution in [0.2, 0.25) is 5.02 Å². The molecule has 0 aliphatic carbocycles. The van der Waals surface area contributed by atoms with Gasteiger partial charge in [-0.15, -0.1) is 0 Å². The highest BCUT2D eigenvalue weighted by Gasteiger charge is 2.30. The molecule has 1 saturated heterocycles. The summed E-state index contributed by atoms with van der Waals surface area (Å²) in [6.07, 6.45) is 0. The summed E-state index contributed by atoms with van der Waals surface area (Å²) in [7, 11) is -3.88. The maximum absolute atomic E-state index is 13.8. The lowest BCUT2D eigenvalue weighted by atomic mass is 10.3. The predicted molar refractivity (Wildman–Crippen MR) is 102 cm³/mol. The molecule has 6 nitrogen and oxygen atoms in total. The molecule has 1 aliphatic heterocycles. The summed E-state index contributed by atoms with van der Waals surface area (Å²) in [5.74, 6) is -0.954. The van der Waals surface area contributed by atoms with E-state index >= 15 is 0 Å². The lowest BCUT2D eigenvalue weighted by Gasteiger charge is -2.33. The third-order valence-electron chi connectivity index (χ3n) is 4.28. The number of carbonyl (C=O) groups excluding carboxylic acids is 1. The number of anilines is 1. The zero-order valence-corrected chi connectivity index (χ0v) is 16.0. The van der Waals surface area contributed by atoms with Crippen molar-refractivity contribution in [3.63, 3.8) is 0 Å². The topological polar surface area (TPSA) is 69.7 Å². The van der Waals surface area contributed by atoms with Crippen molar-refractivity contribution in [2.24, 2.45) is 0 Å². The molecule has 1 fully saturated rings. The van der Waals surface area contributed by atoms with Crippen molar-refractivity contribution in [1.29, 1.82) is 0 Å². The molecule has 0 unspecified atom stereocenters. The van der Waals surface area contributed by atoms with Crippen molar-refractivity contribution in [1.82, 2.24) is 9.21 Å². The Morgan fingerprint density at radius 2 is 1.67 bits per heavy atom. The van der Waals surface area contributed by atoms with Gasteiger partial charge in [0.2, 0.25) is 15.9 Å². The number of nitrogens with one attached hydrogen (secondary N) is 1. The Kier molecular flexibility index (Phi) is 6.11. The third kappa shape index (κ3) is 4.84. The summed E-state index contributed by atoms with van der Waals surface area (Å²) in [6.45, 7) is 1.33. The van der Waals surface area contributed by atoms with E-state index in [1.807, 2.05) is 4.90 Å². The first-order valence-electron chi connectivity index (χ1n) is 8.39. The van der Waals surface area contributed by atoms with Crippen LogP contribution in [0.15, 0.2) is 53.4 Å². The first kappa shape index (κ1) is 19.8. The maximum atomic E-state index is 13.8. The molecule has 1 heterocycles. The molecule has 0 bridgehead atoms. The van der Waals surface area contributed by atoms with E-state index in [2.05, 4.69) is 5.32 Å². The van der Waals surface area contributed by atoms with Crippen LogP contribution in [0, 0.1) is 5.82 Å². The summed E-state index contributed by atoms with van der Waals surface area (Å²) >= 11 is 5.81. The fraction of sp³-hybridized carbons (Fsp3) is 0.278. The highest BCUT2D eigenvalue weighted by Crippen LogP contribution is 2.20. The van der Waals surface area contributed by atoms with E-state index in [-0.39, 0.29) is 30.4 Å². The quantitative estimate of drug-likeness (QED) is 0.820. The minimum atomic E-state index is -3.88. The number of hydrogen-bond donors (Lipinski definition) is 1. The van der Waals surface area contributed by atoms with Gasteiger partial charge in [-0.25, -0.2) is 12.8 Å². The number of nitrogens with zero attached hydrogens (tertiary/aromatic N) is 2. The van der Waals surface area contributed by atoms with Crippen LogP contribution >= 0.6 is 11.6 Å². The Hall–Kier alpha value is -2.00. The van der Waals surface area contributed by atoms with E-state index in [0.29, 0.717) is 23.8 Å². The zero-order chi connectivity index (χ0) is 19.4. The Morgan fingerprint density at radius 1 is 1.04 bits per heavy atom. The van der Waals surface area contributed by atoms with Gasteiger partial charge in [0.25, 0.3) is 0 Å². The monoisotopic (exact) mass is 411 g/mol. The minimum absolute atomic E-state index is 0.149. The molecule has 2 aromatic rings. The molecule has 144 valence electrons. The number of benzene rings is 2. The molecule has 0 aromatic heterocycles. The van der Waals surface area contributed by atoms with E-state index in [1.165, 1.54) is 22.5 Å². The minimum Gasteiger partial charge on any atom is -0.325 e. The van der Waals surface area contributed by atoms with Crippen LogP contribution in [0.3, 0.4) is 0 Å². The number of sulfonamides is 1. The zero-order valence-electron chi connectivity index (χ0n) is 14.4. The summed E-state index contributed by atoms with van der Waals surface area (Å²) in [6, 6.07) is 12.1. The molecule has 3 rings (SSSR count). The Labute approximate surface area is 162 Å². The molecule has 1 aliphatic rings. The second-order valence-electron chi connectivity index (χ2n) is 6.17. The molecule has 1 N–H and O–H groups in total. The van der Waals surface area contributed by atoms with E-state index in [9.17, 15) is 17.6 Å². The van der Waals surface area contributed by atoms with Gasteiger partial charge in [0.15, 0.2) is 0 Å². The fourth-order valence-corrected chi connectivity index (χ4v) is 4.47. The van der Waals surface area contributed by atoms with Crippen molar-refractivity contribution < 1.29 is 17.6 Å². The average molecular weight is 412 g/mol. The second-order valence-corrected chi connectivity index (χ2v) is 8.51. The molecular formula is C18H19ClFN3O3S. The number of carbonyl (C=O) groups is 1. The average Bonchev–Trinajstić information content (AvgIpc) is 2.64. The molecule has 0 spiro atoms. The summed E-state index contributed by atoms with van der Waals surface area (Å²) in [4.78, 5) is 13.7. The van der Waals surface area contributed by atoms with Crippen LogP contribution in [0.5, 0.6) is 0 Å². The van der Waals surface area contributed by atoms with E-state index in [0.717, 1.165) is 6.07 Å². The van der Waals surface area contributed by atoms with E-state index < -0.39 is 15.8 Å². The molecule has 0 radical (unpaired) electrons. The molecule has 0 atom stereocenters. The number of rotatable bonds is 5. The van der Waals surface area contributed by atoms with Crippen molar-refractivity contribution in [3.05, 3.63) is 59.4 Å². The van der Waals surface area contributed by atoms with E-state index in [4.69, 9.17) is 11.6 Å². The van der Waals surface area contributed by atoms with Crippen molar-refractivity contribution >= 4 is 33.2 Å². The summed E-state index contributed by atoms with van der Waals surface area (Å²) in [5, 5.41) is 3.35. The van der Waals surface area contributed by atoms with Gasteiger partial charge in [0.05, 0.1) is 6.54 Å². The lowest BCUT2D eigenvalue weighted by molar-refractivity contribution is -0.117. The van der Waals surface area contributed by atoms with Crippen molar-refractivity contribution in [2.45, 2.75) is 4.90 Å². The molecule has 0 saturated carbocycles. The van der Waals surface area contributed by atoms with Crippen molar-refractivity contribution in [3.8, 4) is 0 Å². The van der Waals surface area contributed by atoms with Gasteiger partial charge in [-0.2, -0.15) is 4.31 Å². The van der Waals surface area contributed by atoms with Gasteiger partial charge in [-0.1, -0.05) is 23.7 Å².